The number of carbonyl (C=O) groups excluding carboxylic acids is 5. The van der Waals surface area contributed by atoms with Crippen LogP contribution in [0.15, 0.2) is 60.7 Å². The van der Waals surface area contributed by atoms with Crippen LogP contribution < -0.4 is 0 Å². The van der Waals surface area contributed by atoms with Crippen LogP contribution in [0, 0.1) is 17.8 Å². The van der Waals surface area contributed by atoms with E-state index in [0.29, 0.717) is 0 Å². The largest absolute Gasteiger partial charge is 0.455 e. The van der Waals surface area contributed by atoms with Gasteiger partial charge in [-0.15, -0.1) is 0 Å². The van der Waals surface area contributed by atoms with Gasteiger partial charge in [-0.25, -0.2) is 9.59 Å². The third-order valence-corrected chi connectivity index (χ3v) is 5.85. The first-order chi connectivity index (χ1) is 15.8. The van der Waals surface area contributed by atoms with E-state index in [1.54, 1.807) is 48.5 Å². The molecule has 172 valence electrons. The predicted molar refractivity (Wildman–Crippen MR) is 117 cm³/mol. The minimum atomic E-state index is -1.01. The standard InChI is InChI=1S/C26H26O7/c1-17(27)20-12-21(23(28)25(30)32-15-18-8-4-2-5-9-18)14-22(13-20)24(29)26(31)33-16-19-10-6-3-7-11-19/h2-11,20-22H,12-16H2,1H3/t20-,21+,22-. The van der Waals surface area contributed by atoms with Gasteiger partial charge in [-0.2, -0.15) is 0 Å². The van der Waals surface area contributed by atoms with Gasteiger partial charge in [0.25, 0.3) is 0 Å². The summed E-state index contributed by atoms with van der Waals surface area (Å²) in [5.41, 5.74) is 1.47. The lowest BCUT2D eigenvalue weighted by Crippen LogP contribution is -2.39. The minimum Gasteiger partial charge on any atom is -0.455 e. The molecule has 7 nitrogen and oxygen atoms in total. The van der Waals surface area contributed by atoms with E-state index in [4.69, 9.17) is 9.47 Å². The lowest BCUT2D eigenvalue weighted by atomic mass is 9.71. The second-order valence-electron chi connectivity index (χ2n) is 8.26. The van der Waals surface area contributed by atoms with E-state index in [-0.39, 0.29) is 38.3 Å². The first kappa shape index (κ1) is 24.0. The van der Waals surface area contributed by atoms with Crippen LogP contribution in [0.2, 0.25) is 0 Å². The number of ether oxygens (including phenoxy) is 2. The highest BCUT2D eigenvalue weighted by Gasteiger charge is 2.42. The lowest BCUT2D eigenvalue weighted by molar-refractivity contribution is -0.160. The average Bonchev–Trinajstić information content (AvgIpc) is 2.85. The molecule has 0 unspecified atom stereocenters. The smallest absolute Gasteiger partial charge is 0.375 e. The number of benzene rings is 2. The van der Waals surface area contributed by atoms with Crippen LogP contribution in [0.3, 0.4) is 0 Å². The van der Waals surface area contributed by atoms with Gasteiger partial charge in [0.1, 0.15) is 19.0 Å². The molecule has 2 aromatic rings. The van der Waals surface area contributed by atoms with Crippen molar-refractivity contribution in [3.8, 4) is 0 Å². The van der Waals surface area contributed by atoms with E-state index in [9.17, 15) is 24.0 Å². The van der Waals surface area contributed by atoms with Gasteiger partial charge in [-0.05, 0) is 37.3 Å². The summed E-state index contributed by atoms with van der Waals surface area (Å²) in [5.74, 6) is -6.11. The van der Waals surface area contributed by atoms with Gasteiger partial charge in [0.15, 0.2) is 0 Å². The van der Waals surface area contributed by atoms with Gasteiger partial charge in [0, 0.05) is 17.8 Å². The number of esters is 2. The van der Waals surface area contributed by atoms with Gasteiger partial charge in [-0.3, -0.25) is 14.4 Å². The Morgan fingerprint density at radius 2 is 1.00 bits per heavy atom. The molecule has 33 heavy (non-hydrogen) atoms. The normalized spacial score (nSPS) is 19.8. The van der Waals surface area contributed by atoms with Crippen molar-refractivity contribution >= 4 is 29.3 Å². The Labute approximate surface area is 192 Å². The van der Waals surface area contributed by atoms with Crippen molar-refractivity contribution in [1.29, 1.82) is 0 Å². The van der Waals surface area contributed by atoms with E-state index in [2.05, 4.69) is 0 Å². The number of rotatable bonds is 9. The first-order valence-corrected chi connectivity index (χ1v) is 10.9. The highest BCUT2D eigenvalue weighted by molar-refractivity contribution is 6.36. The molecular formula is C26H26O7. The Morgan fingerprint density at radius 1 is 0.636 bits per heavy atom. The molecule has 1 aliphatic rings. The molecule has 7 heteroatoms. The lowest BCUT2D eigenvalue weighted by Gasteiger charge is -2.31. The summed E-state index contributed by atoms with van der Waals surface area (Å²) >= 11 is 0. The number of carbonyl (C=O) groups is 5. The minimum absolute atomic E-state index is 0.00230. The van der Waals surface area contributed by atoms with Crippen LogP contribution in [0.1, 0.15) is 37.3 Å². The van der Waals surface area contributed by atoms with E-state index in [1.165, 1.54) is 6.92 Å². The zero-order valence-electron chi connectivity index (χ0n) is 18.4. The first-order valence-electron chi connectivity index (χ1n) is 10.9. The van der Waals surface area contributed by atoms with Crippen molar-refractivity contribution in [3.63, 3.8) is 0 Å². The summed E-state index contributed by atoms with van der Waals surface area (Å²) in [7, 11) is 0. The number of hydrogen-bond donors (Lipinski definition) is 0. The van der Waals surface area contributed by atoms with Gasteiger partial charge in [0.2, 0.25) is 11.6 Å². The predicted octanol–water partition coefficient (Wildman–Crippen LogP) is 3.23. The summed E-state index contributed by atoms with van der Waals surface area (Å²) in [6.45, 7) is 1.27. The average molecular weight is 450 g/mol. The SMILES string of the molecule is CC(=O)[C@H]1C[C@@H](C(=O)C(=O)OCc2ccccc2)C[C@@H](C(=O)C(=O)OCc2ccccc2)C1. The van der Waals surface area contributed by atoms with Crippen LogP contribution in [-0.4, -0.2) is 29.3 Å². The molecule has 0 heterocycles. The highest BCUT2D eigenvalue weighted by Crippen LogP contribution is 2.35. The maximum Gasteiger partial charge on any atom is 0.375 e. The zero-order valence-corrected chi connectivity index (χ0v) is 18.4. The van der Waals surface area contributed by atoms with Gasteiger partial charge in [0.05, 0.1) is 0 Å². The van der Waals surface area contributed by atoms with E-state index in [1.807, 2.05) is 12.1 Å². The van der Waals surface area contributed by atoms with Gasteiger partial charge in [-0.1, -0.05) is 60.7 Å². The van der Waals surface area contributed by atoms with E-state index in [0.717, 1.165) is 11.1 Å². The molecule has 1 saturated carbocycles. The highest BCUT2D eigenvalue weighted by atomic mass is 16.5. The fraction of sp³-hybridized carbons (Fsp3) is 0.346. The molecule has 0 bridgehead atoms. The zero-order chi connectivity index (χ0) is 23.8. The molecule has 0 radical (unpaired) electrons. The monoisotopic (exact) mass is 450 g/mol. The molecule has 0 N–H and O–H groups in total. The molecule has 0 saturated heterocycles. The second-order valence-corrected chi connectivity index (χ2v) is 8.26. The molecule has 1 fully saturated rings. The summed E-state index contributed by atoms with van der Waals surface area (Å²) < 4.78 is 10.2. The Bertz CT molecular complexity index is 938. The van der Waals surface area contributed by atoms with E-state index >= 15 is 0 Å². The number of hydrogen-bond acceptors (Lipinski definition) is 7. The van der Waals surface area contributed by atoms with Crippen LogP contribution in [-0.2, 0) is 46.7 Å². The fourth-order valence-corrected chi connectivity index (χ4v) is 4.00. The third-order valence-electron chi connectivity index (χ3n) is 5.85. The van der Waals surface area contributed by atoms with E-state index < -0.39 is 41.3 Å². The molecule has 2 aromatic carbocycles. The maximum atomic E-state index is 12.7. The van der Waals surface area contributed by atoms with Crippen molar-refractivity contribution in [3.05, 3.63) is 71.8 Å². The topological polar surface area (TPSA) is 104 Å². The van der Waals surface area contributed by atoms with Gasteiger partial charge < -0.3 is 9.47 Å². The van der Waals surface area contributed by atoms with Crippen molar-refractivity contribution < 1.29 is 33.4 Å². The van der Waals surface area contributed by atoms with Crippen LogP contribution in [0.4, 0.5) is 0 Å². The summed E-state index contributed by atoms with van der Waals surface area (Å²) in [5, 5.41) is 0. The molecule has 1 aliphatic carbocycles. The molecule has 3 atom stereocenters. The fourth-order valence-electron chi connectivity index (χ4n) is 4.00. The summed E-state index contributed by atoms with van der Waals surface area (Å²) in [4.78, 5) is 62.1. The van der Waals surface area contributed by atoms with Gasteiger partial charge >= 0.3 is 11.9 Å². The second kappa shape index (κ2) is 11.3. The Kier molecular flexibility index (Phi) is 8.24. The molecule has 0 amide bonds. The van der Waals surface area contributed by atoms with Crippen molar-refractivity contribution in [1.82, 2.24) is 0 Å². The van der Waals surface area contributed by atoms with Crippen molar-refractivity contribution in [2.45, 2.75) is 39.4 Å². The maximum absolute atomic E-state index is 12.7. The Hall–Kier alpha value is -3.61. The number of Topliss-reactive ketones (excluding diaryl/α,β-unsaturated/α-hetero) is 3. The number of ketones is 3. The Morgan fingerprint density at radius 3 is 1.36 bits per heavy atom. The van der Waals surface area contributed by atoms with Crippen LogP contribution >= 0.6 is 0 Å². The van der Waals surface area contributed by atoms with Crippen molar-refractivity contribution in [2.24, 2.45) is 17.8 Å². The summed E-state index contributed by atoms with van der Waals surface area (Å²) in [6, 6.07) is 17.9. The van der Waals surface area contributed by atoms with Crippen LogP contribution in [0.25, 0.3) is 0 Å². The quantitative estimate of drug-likeness (QED) is 0.427. The van der Waals surface area contributed by atoms with Crippen molar-refractivity contribution in [2.75, 3.05) is 0 Å². The van der Waals surface area contributed by atoms with Crippen LogP contribution in [0.5, 0.6) is 0 Å². The molecular weight excluding hydrogens is 424 g/mol. The molecule has 0 aliphatic heterocycles. The third kappa shape index (κ3) is 6.68. The molecule has 0 aromatic heterocycles. The Balaban J connectivity index is 1.62. The molecule has 0 spiro atoms. The summed E-state index contributed by atoms with van der Waals surface area (Å²) in [6.07, 6.45) is 0.303. The molecule has 3 rings (SSSR count).